The summed E-state index contributed by atoms with van der Waals surface area (Å²) in [7, 11) is 0. The van der Waals surface area contributed by atoms with Crippen LogP contribution in [0.1, 0.15) is 38.6 Å². The average Bonchev–Trinajstić information content (AvgIpc) is 3.37. The molecule has 164 valence electrons. The van der Waals surface area contributed by atoms with Crippen LogP contribution in [0.5, 0.6) is 0 Å². The number of aliphatic hydroxyl groups excluding tert-OH is 2. The van der Waals surface area contributed by atoms with Gasteiger partial charge in [-0.05, 0) is 25.0 Å². The molecule has 1 fully saturated rings. The van der Waals surface area contributed by atoms with Crippen LogP contribution in [-0.2, 0) is 6.54 Å². The molecule has 2 amide bonds. The van der Waals surface area contributed by atoms with Gasteiger partial charge in [-0.25, -0.2) is 0 Å². The number of hydrogen-bond acceptors (Lipinski definition) is 9. The van der Waals surface area contributed by atoms with E-state index in [2.05, 4.69) is 20.8 Å². The highest BCUT2D eigenvalue weighted by atomic mass is 32.1. The molecular weight excluding hydrogens is 430 g/mol. The first kappa shape index (κ1) is 20.7. The molecule has 9 nitrogen and oxygen atoms in total. The van der Waals surface area contributed by atoms with Crippen molar-refractivity contribution in [2.45, 2.75) is 37.9 Å². The zero-order valence-corrected chi connectivity index (χ0v) is 17.7. The van der Waals surface area contributed by atoms with E-state index in [1.165, 1.54) is 11.3 Å². The summed E-state index contributed by atoms with van der Waals surface area (Å²) in [6.45, 7) is 0.349. The molecule has 0 radical (unpaired) electrons. The van der Waals surface area contributed by atoms with E-state index in [1.54, 1.807) is 18.2 Å². The molecule has 0 saturated carbocycles. The number of rotatable bonds is 5. The second-order valence-electron chi connectivity index (χ2n) is 7.70. The second-order valence-corrected chi connectivity index (χ2v) is 8.76. The molecule has 0 bridgehead atoms. The Morgan fingerprint density at radius 2 is 1.84 bits per heavy atom. The van der Waals surface area contributed by atoms with Crippen molar-refractivity contribution in [3.05, 3.63) is 64.7 Å². The van der Waals surface area contributed by atoms with Crippen LogP contribution in [0.15, 0.2) is 48.5 Å². The third-order valence-electron chi connectivity index (χ3n) is 5.66. The molecule has 1 saturated heterocycles. The van der Waals surface area contributed by atoms with Gasteiger partial charge < -0.3 is 15.5 Å². The number of imide groups is 1. The maximum absolute atomic E-state index is 13.2. The minimum Gasteiger partial charge on any atom is -0.379 e. The summed E-state index contributed by atoms with van der Waals surface area (Å²) in [4.78, 5) is 27.3. The standard InChI is InChI=1S/C22H21N5O4S/c28-16-10-9-15(19(29)24-16)27-21(30)13-7-4-8-14(18(13)22(27)31)23-11-17-25-26-20(32-17)12-5-2-1-3-6-12/h1-8,15-16,19,23-24,28-29H,9-11H2. The van der Waals surface area contributed by atoms with Crippen molar-refractivity contribution in [2.24, 2.45) is 0 Å². The van der Waals surface area contributed by atoms with E-state index in [9.17, 15) is 19.8 Å². The molecule has 3 unspecified atom stereocenters. The van der Waals surface area contributed by atoms with Crippen LogP contribution in [0, 0.1) is 0 Å². The monoisotopic (exact) mass is 451 g/mol. The summed E-state index contributed by atoms with van der Waals surface area (Å²) in [5.41, 5.74) is 2.08. The first-order valence-corrected chi connectivity index (χ1v) is 11.1. The van der Waals surface area contributed by atoms with Crippen molar-refractivity contribution < 1.29 is 19.8 Å². The Kier molecular flexibility index (Phi) is 5.43. The van der Waals surface area contributed by atoms with Gasteiger partial charge in [0.15, 0.2) is 0 Å². The first-order chi connectivity index (χ1) is 15.5. The zero-order chi connectivity index (χ0) is 22.2. The number of anilines is 1. The molecular formula is C22H21N5O4S. The molecule has 0 spiro atoms. The Bertz CT molecular complexity index is 1170. The van der Waals surface area contributed by atoms with Gasteiger partial charge in [-0.15, -0.1) is 10.2 Å². The Morgan fingerprint density at radius 3 is 2.62 bits per heavy atom. The molecule has 1 aromatic heterocycles. The third-order valence-corrected chi connectivity index (χ3v) is 6.63. The number of carbonyl (C=O) groups is 2. The Labute approximate surface area is 187 Å². The predicted molar refractivity (Wildman–Crippen MR) is 118 cm³/mol. The van der Waals surface area contributed by atoms with Crippen molar-refractivity contribution >= 4 is 28.8 Å². The molecule has 2 aliphatic heterocycles. The van der Waals surface area contributed by atoms with Crippen LogP contribution in [0.25, 0.3) is 10.6 Å². The van der Waals surface area contributed by atoms with E-state index in [0.29, 0.717) is 30.6 Å². The number of benzene rings is 2. The lowest BCUT2D eigenvalue weighted by Crippen LogP contribution is -2.58. The van der Waals surface area contributed by atoms with Gasteiger partial charge in [0.2, 0.25) is 0 Å². The summed E-state index contributed by atoms with van der Waals surface area (Å²) in [5.74, 6) is -0.907. The largest absolute Gasteiger partial charge is 0.379 e. The number of aromatic nitrogens is 2. The van der Waals surface area contributed by atoms with E-state index < -0.39 is 30.3 Å². The van der Waals surface area contributed by atoms with Crippen LogP contribution >= 0.6 is 11.3 Å². The molecule has 32 heavy (non-hydrogen) atoms. The minimum atomic E-state index is -1.19. The third kappa shape index (κ3) is 3.67. The van der Waals surface area contributed by atoms with Gasteiger partial charge in [-0.2, -0.15) is 0 Å². The first-order valence-electron chi connectivity index (χ1n) is 10.3. The normalized spacial score (nSPS) is 22.8. The number of carbonyl (C=O) groups excluding carboxylic acids is 2. The molecule has 10 heteroatoms. The van der Waals surface area contributed by atoms with Crippen molar-refractivity contribution in [1.29, 1.82) is 0 Å². The van der Waals surface area contributed by atoms with Crippen molar-refractivity contribution in [1.82, 2.24) is 20.4 Å². The molecule has 3 aromatic rings. The average molecular weight is 452 g/mol. The number of nitrogens with one attached hydrogen (secondary N) is 2. The summed E-state index contributed by atoms with van der Waals surface area (Å²) in [6.07, 6.45) is -1.39. The Balaban J connectivity index is 1.35. The Morgan fingerprint density at radius 1 is 1.03 bits per heavy atom. The number of aliphatic hydroxyl groups is 2. The highest BCUT2D eigenvalue weighted by Gasteiger charge is 2.45. The highest BCUT2D eigenvalue weighted by molar-refractivity contribution is 7.14. The van der Waals surface area contributed by atoms with E-state index in [1.807, 2.05) is 30.3 Å². The quantitative estimate of drug-likeness (QED) is 0.433. The molecule has 2 aliphatic rings. The molecule has 2 aromatic carbocycles. The predicted octanol–water partition coefficient (Wildman–Crippen LogP) is 1.80. The lowest BCUT2D eigenvalue weighted by Gasteiger charge is -2.36. The number of piperidine rings is 1. The number of amides is 2. The van der Waals surface area contributed by atoms with Gasteiger partial charge in [0.25, 0.3) is 11.8 Å². The van der Waals surface area contributed by atoms with Gasteiger partial charge in [0.05, 0.1) is 23.7 Å². The van der Waals surface area contributed by atoms with Gasteiger partial charge in [0, 0.05) is 11.3 Å². The molecule has 3 atom stereocenters. The van der Waals surface area contributed by atoms with E-state index in [0.717, 1.165) is 20.5 Å². The van der Waals surface area contributed by atoms with Crippen LogP contribution in [0.2, 0.25) is 0 Å². The van der Waals surface area contributed by atoms with Gasteiger partial charge in [-0.1, -0.05) is 47.7 Å². The lowest BCUT2D eigenvalue weighted by atomic mass is 10.0. The van der Waals surface area contributed by atoms with E-state index >= 15 is 0 Å². The maximum atomic E-state index is 13.2. The topological polar surface area (TPSA) is 128 Å². The molecule has 5 rings (SSSR count). The summed E-state index contributed by atoms with van der Waals surface area (Å²) in [5, 5.41) is 35.7. The summed E-state index contributed by atoms with van der Waals surface area (Å²) >= 11 is 1.45. The lowest BCUT2D eigenvalue weighted by molar-refractivity contribution is -0.0413. The summed E-state index contributed by atoms with van der Waals surface area (Å²) in [6, 6.07) is 14.1. The fourth-order valence-electron chi connectivity index (χ4n) is 4.09. The Hall–Kier alpha value is -3.18. The maximum Gasteiger partial charge on any atom is 0.264 e. The van der Waals surface area contributed by atoms with Crippen LogP contribution in [0.3, 0.4) is 0 Å². The number of hydrogen-bond donors (Lipinski definition) is 4. The second kappa shape index (κ2) is 8.40. The minimum absolute atomic E-state index is 0.281. The fourth-order valence-corrected chi connectivity index (χ4v) is 4.88. The SMILES string of the molecule is O=C1c2cccc(NCc3nnc(-c4ccccc4)s3)c2C(=O)N1C1CCC(O)NC1O. The smallest absolute Gasteiger partial charge is 0.264 e. The van der Waals surface area contributed by atoms with Crippen LogP contribution < -0.4 is 10.6 Å². The van der Waals surface area contributed by atoms with E-state index in [4.69, 9.17) is 0 Å². The molecule has 0 aliphatic carbocycles. The van der Waals surface area contributed by atoms with Crippen molar-refractivity contribution in [3.63, 3.8) is 0 Å². The van der Waals surface area contributed by atoms with Gasteiger partial charge in [0.1, 0.15) is 22.5 Å². The number of nitrogens with zero attached hydrogens (tertiary/aromatic N) is 3. The summed E-state index contributed by atoms with van der Waals surface area (Å²) < 4.78 is 0. The van der Waals surface area contributed by atoms with Crippen LogP contribution in [-0.4, -0.2) is 55.6 Å². The van der Waals surface area contributed by atoms with Crippen molar-refractivity contribution in [2.75, 3.05) is 5.32 Å². The molecule has 4 N–H and O–H groups in total. The van der Waals surface area contributed by atoms with E-state index in [-0.39, 0.29) is 5.56 Å². The molecule has 3 heterocycles. The van der Waals surface area contributed by atoms with Gasteiger partial charge >= 0.3 is 0 Å². The zero-order valence-electron chi connectivity index (χ0n) is 16.9. The fraction of sp³-hybridized carbons (Fsp3) is 0.273. The van der Waals surface area contributed by atoms with Crippen molar-refractivity contribution in [3.8, 4) is 10.6 Å². The van der Waals surface area contributed by atoms with Gasteiger partial charge in [-0.3, -0.25) is 19.8 Å². The van der Waals surface area contributed by atoms with Crippen LogP contribution in [0.4, 0.5) is 5.69 Å². The highest BCUT2D eigenvalue weighted by Crippen LogP contribution is 2.33. The number of fused-ring (bicyclic) bond motifs is 1.